The van der Waals surface area contributed by atoms with Crippen molar-refractivity contribution in [1.29, 1.82) is 0 Å². The van der Waals surface area contributed by atoms with E-state index in [-0.39, 0.29) is 17.7 Å². The van der Waals surface area contributed by atoms with Crippen LogP contribution < -0.4 is 10.6 Å². The van der Waals surface area contributed by atoms with Crippen molar-refractivity contribution >= 4 is 5.91 Å². The van der Waals surface area contributed by atoms with E-state index < -0.39 is 6.10 Å². The van der Waals surface area contributed by atoms with Crippen LogP contribution in [0.5, 0.6) is 0 Å². The first-order valence-electron chi connectivity index (χ1n) is 5.77. The molecule has 0 bridgehead atoms. The maximum atomic E-state index is 11.7. The number of nitrogens with one attached hydrogen (secondary N) is 2. The summed E-state index contributed by atoms with van der Waals surface area (Å²) in [5.41, 5.74) is 0. The normalized spacial score (nSPS) is 20.3. The average molecular weight is 214 g/mol. The third kappa shape index (κ3) is 4.18. The second-order valence-electron chi connectivity index (χ2n) is 4.58. The molecular weight excluding hydrogens is 192 g/mol. The van der Waals surface area contributed by atoms with E-state index in [1.165, 1.54) is 0 Å². The minimum absolute atomic E-state index is 0.0937. The Labute approximate surface area is 91.4 Å². The molecule has 0 radical (unpaired) electrons. The molecule has 1 aliphatic heterocycles. The Morgan fingerprint density at radius 3 is 2.60 bits per heavy atom. The van der Waals surface area contributed by atoms with E-state index in [1.807, 2.05) is 13.8 Å². The zero-order chi connectivity index (χ0) is 11.3. The summed E-state index contributed by atoms with van der Waals surface area (Å²) in [5.74, 6) is 0.417. The molecule has 1 saturated heterocycles. The summed E-state index contributed by atoms with van der Waals surface area (Å²) >= 11 is 0. The van der Waals surface area contributed by atoms with Gasteiger partial charge in [-0.05, 0) is 31.8 Å². The zero-order valence-corrected chi connectivity index (χ0v) is 9.62. The molecule has 1 rings (SSSR count). The van der Waals surface area contributed by atoms with Gasteiger partial charge in [0, 0.05) is 12.5 Å². The zero-order valence-electron chi connectivity index (χ0n) is 9.62. The molecule has 15 heavy (non-hydrogen) atoms. The molecular formula is C11H22N2O2. The molecule has 1 heterocycles. The summed E-state index contributed by atoms with van der Waals surface area (Å²) in [6, 6.07) is 0. The molecule has 0 aromatic rings. The van der Waals surface area contributed by atoms with Crippen molar-refractivity contribution in [2.75, 3.05) is 19.6 Å². The summed E-state index contributed by atoms with van der Waals surface area (Å²) in [5, 5.41) is 15.6. The Morgan fingerprint density at radius 2 is 2.07 bits per heavy atom. The minimum atomic E-state index is -0.435. The monoisotopic (exact) mass is 214 g/mol. The molecule has 0 saturated carbocycles. The van der Waals surface area contributed by atoms with Crippen molar-refractivity contribution in [2.24, 2.45) is 11.8 Å². The molecule has 88 valence electrons. The number of amides is 1. The summed E-state index contributed by atoms with van der Waals surface area (Å²) in [6.07, 6.45) is 1.38. The van der Waals surface area contributed by atoms with Crippen LogP contribution in [-0.2, 0) is 4.79 Å². The van der Waals surface area contributed by atoms with E-state index in [0.29, 0.717) is 6.54 Å². The molecule has 4 nitrogen and oxygen atoms in total. The molecule has 1 aliphatic rings. The molecule has 1 fully saturated rings. The van der Waals surface area contributed by atoms with Gasteiger partial charge in [0.1, 0.15) is 0 Å². The van der Waals surface area contributed by atoms with E-state index in [2.05, 4.69) is 10.6 Å². The van der Waals surface area contributed by atoms with E-state index in [9.17, 15) is 9.90 Å². The van der Waals surface area contributed by atoms with Crippen LogP contribution in [0.2, 0.25) is 0 Å². The third-order valence-corrected chi connectivity index (χ3v) is 2.96. The molecule has 1 unspecified atom stereocenters. The number of hydrogen-bond donors (Lipinski definition) is 3. The second-order valence-corrected chi connectivity index (χ2v) is 4.58. The lowest BCUT2D eigenvalue weighted by molar-refractivity contribution is -0.126. The number of hydrogen-bond acceptors (Lipinski definition) is 3. The van der Waals surface area contributed by atoms with Gasteiger partial charge >= 0.3 is 0 Å². The lowest BCUT2D eigenvalue weighted by atomic mass is 9.97. The highest BCUT2D eigenvalue weighted by Gasteiger charge is 2.21. The van der Waals surface area contributed by atoms with Gasteiger partial charge in [-0.1, -0.05) is 13.8 Å². The van der Waals surface area contributed by atoms with Gasteiger partial charge in [0.2, 0.25) is 5.91 Å². The first-order chi connectivity index (χ1) is 7.11. The average Bonchev–Trinajstić information content (AvgIpc) is 2.26. The van der Waals surface area contributed by atoms with Crippen LogP contribution in [0.3, 0.4) is 0 Å². The van der Waals surface area contributed by atoms with Crippen molar-refractivity contribution in [3.05, 3.63) is 0 Å². The maximum absolute atomic E-state index is 11.7. The van der Waals surface area contributed by atoms with Crippen LogP contribution in [0.15, 0.2) is 0 Å². The van der Waals surface area contributed by atoms with E-state index in [1.54, 1.807) is 0 Å². The number of carbonyl (C=O) groups excluding carboxylic acids is 1. The summed E-state index contributed by atoms with van der Waals surface area (Å²) in [4.78, 5) is 11.7. The van der Waals surface area contributed by atoms with Crippen LogP contribution in [0.1, 0.15) is 26.7 Å². The first-order valence-corrected chi connectivity index (χ1v) is 5.77. The fraction of sp³-hybridized carbons (Fsp3) is 0.909. The topological polar surface area (TPSA) is 61.4 Å². The van der Waals surface area contributed by atoms with Gasteiger partial charge in [-0.2, -0.15) is 0 Å². The summed E-state index contributed by atoms with van der Waals surface area (Å²) in [7, 11) is 0. The fourth-order valence-corrected chi connectivity index (χ4v) is 1.67. The van der Waals surface area contributed by atoms with Crippen LogP contribution in [-0.4, -0.2) is 36.8 Å². The van der Waals surface area contributed by atoms with Crippen molar-refractivity contribution in [1.82, 2.24) is 10.6 Å². The SMILES string of the molecule is CC(C)C(O)CNC(=O)C1CCNCC1. The Balaban J connectivity index is 2.22. The van der Waals surface area contributed by atoms with Gasteiger partial charge in [-0.3, -0.25) is 4.79 Å². The van der Waals surface area contributed by atoms with Gasteiger partial charge in [-0.25, -0.2) is 0 Å². The summed E-state index contributed by atoms with van der Waals surface area (Å²) in [6.45, 7) is 6.11. The molecule has 1 amide bonds. The lowest BCUT2D eigenvalue weighted by Gasteiger charge is -2.23. The van der Waals surface area contributed by atoms with Gasteiger partial charge in [0.15, 0.2) is 0 Å². The minimum Gasteiger partial charge on any atom is -0.391 e. The van der Waals surface area contributed by atoms with E-state index in [0.717, 1.165) is 25.9 Å². The maximum Gasteiger partial charge on any atom is 0.223 e. The molecule has 0 spiro atoms. The van der Waals surface area contributed by atoms with Gasteiger partial charge in [0.25, 0.3) is 0 Å². The molecule has 0 aliphatic carbocycles. The van der Waals surface area contributed by atoms with Crippen LogP contribution >= 0.6 is 0 Å². The van der Waals surface area contributed by atoms with Crippen molar-refractivity contribution in [3.63, 3.8) is 0 Å². The van der Waals surface area contributed by atoms with E-state index in [4.69, 9.17) is 0 Å². The smallest absolute Gasteiger partial charge is 0.223 e. The number of piperidine rings is 1. The molecule has 3 N–H and O–H groups in total. The fourth-order valence-electron chi connectivity index (χ4n) is 1.67. The standard InChI is InChI=1S/C11H22N2O2/c1-8(2)10(14)7-13-11(15)9-3-5-12-6-4-9/h8-10,12,14H,3-7H2,1-2H3,(H,13,15). The van der Waals surface area contributed by atoms with Crippen LogP contribution in [0, 0.1) is 11.8 Å². The molecule has 0 aromatic carbocycles. The highest BCUT2D eigenvalue weighted by atomic mass is 16.3. The van der Waals surface area contributed by atoms with Crippen LogP contribution in [0.4, 0.5) is 0 Å². The third-order valence-electron chi connectivity index (χ3n) is 2.96. The number of aliphatic hydroxyl groups is 1. The highest BCUT2D eigenvalue weighted by molar-refractivity contribution is 5.78. The molecule has 1 atom stereocenters. The summed E-state index contributed by atoms with van der Waals surface area (Å²) < 4.78 is 0. The Bertz CT molecular complexity index is 201. The van der Waals surface area contributed by atoms with Crippen molar-refractivity contribution in [3.8, 4) is 0 Å². The quantitative estimate of drug-likeness (QED) is 0.623. The second kappa shape index (κ2) is 6.08. The van der Waals surface area contributed by atoms with Gasteiger partial charge in [-0.15, -0.1) is 0 Å². The Hall–Kier alpha value is -0.610. The largest absolute Gasteiger partial charge is 0.391 e. The number of carbonyl (C=O) groups is 1. The van der Waals surface area contributed by atoms with Gasteiger partial charge < -0.3 is 15.7 Å². The predicted octanol–water partition coefficient (Wildman–Crippen LogP) is 0.119. The molecule has 4 heteroatoms. The highest BCUT2D eigenvalue weighted by Crippen LogP contribution is 2.11. The van der Waals surface area contributed by atoms with E-state index >= 15 is 0 Å². The van der Waals surface area contributed by atoms with Crippen LogP contribution in [0.25, 0.3) is 0 Å². The van der Waals surface area contributed by atoms with Crippen molar-refractivity contribution < 1.29 is 9.90 Å². The van der Waals surface area contributed by atoms with Crippen molar-refractivity contribution in [2.45, 2.75) is 32.8 Å². The lowest BCUT2D eigenvalue weighted by Crippen LogP contribution is -2.41. The molecule has 0 aromatic heterocycles. The Morgan fingerprint density at radius 1 is 1.47 bits per heavy atom. The first kappa shape index (κ1) is 12.5. The van der Waals surface area contributed by atoms with Gasteiger partial charge in [0.05, 0.1) is 6.10 Å². The predicted molar refractivity (Wildman–Crippen MR) is 59.4 cm³/mol. The number of aliphatic hydroxyl groups excluding tert-OH is 1. The number of rotatable bonds is 4. The Kier molecular flexibility index (Phi) is 5.05.